The number of thioether (sulfide) groups is 1. The predicted octanol–water partition coefficient (Wildman–Crippen LogP) is 7.00. The zero-order valence-corrected chi connectivity index (χ0v) is 19.1. The van der Waals surface area contributed by atoms with Gasteiger partial charge in [-0.05, 0) is 42.0 Å². The van der Waals surface area contributed by atoms with Crippen molar-refractivity contribution in [2.24, 2.45) is 0 Å². The molecule has 1 fully saturated rings. The molecule has 0 amide bonds. The van der Waals surface area contributed by atoms with Crippen LogP contribution in [0.5, 0.6) is 11.5 Å². The van der Waals surface area contributed by atoms with Crippen molar-refractivity contribution < 1.29 is 17.9 Å². The number of nitrogens with zero attached hydrogens (tertiary/aromatic N) is 2. The number of hydrogen-bond donors (Lipinski definition) is 1. The first-order valence-corrected chi connectivity index (χ1v) is 11.1. The molecule has 1 atom stereocenters. The van der Waals surface area contributed by atoms with E-state index in [0.29, 0.717) is 22.4 Å². The van der Waals surface area contributed by atoms with Crippen LogP contribution in [0.25, 0.3) is 0 Å². The van der Waals surface area contributed by atoms with Gasteiger partial charge in [-0.15, -0.1) is 0 Å². The average molecular weight is 500 g/mol. The molecule has 1 unspecified atom stereocenters. The third-order valence-corrected chi connectivity index (χ3v) is 6.69. The summed E-state index contributed by atoms with van der Waals surface area (Å²) < 4.78 is 44.6. The van der Waals surface area contributed by atoms with Gasteiger partial charge in [0.1, 0.15) is 21.9 Å². The van der Waals surface area contributed by atoms with Crippen LogP contribution < -0.4 is 10.2 Å². The average Bonchev–Trinajstić information content (AvgIpc) is 3.11. The first-order valence-electron chi connectivity index (χ1n) is 9.51. The number of benzene rings is 2. The molecular formula is C22H18Cl2F3N3OS. The lowest BCUT2D eigenvalue weighted by Gasteiger charge is -2.21. The van der Waals surface area contributed by atoms with E-state index in [0.717, 1.165) is 22.7 Å². The van der Waals surface area contributed by atoms with Crippen LogP contribution in [0.15, 0.2) is 82.1 Å². The van der Waals surface area contributed by atoms with Crippen LogP contribution in [0, 0.1) is 0 Å². The van der Waals surface area contributed by atoms with Crippen LogP contribution in [0.4, 0.5) is 13.2 Å². The van der Waals surface area contributed by atoms with E-state index < -0.39 is 11.7 Å². The van der Waals surface area contributed by atoms with Crippen LogP contribution in [0.2, 0.25) is 0 Å². The molecule has 2 aromatic rings. The molecule has 168 valence electrons. The Kier molecular flexibility index (Phi) is 6.67. The summed E-state index contributed by atoms with van der Waals surface area (Å²) in [6, 6.07) is 12.1. The summed E-state index contributed by atoms with van der Waals surface area (Å²) in [6.45, 7) is 0.609. The van der Waals surface area contributed by atoms with Crippen molar-refractivity contribution in [2.75, 3.05) is 13.6 Å². The van der Waals surface area contributed by atoms with E-state index in [-0.39, 0.29) is 11.1 Å². The Morgan fingerprint density at radius 2 is 1.81 bits per heavy atom. The predicted molar refractivity (Wildman–Crippen MR) is 122 cm³/mol. The molecule has 2 heterocycles. The topological polar surface area (TPSA) is 27.7 Å². The van der Waals surface area contributed by atoms with Crippen molar-refractivity contribution in [3.8, 4) is 11.5 Å². The molecular weight excluding hydrogens is 482 g/mol. The minimum Gasteiger partial charge on any atom is -0.457 e. The van der Waals surface area contributed by atoms with Gasteiger partial charge in [0, 0.05) is 26.0 Å². The van der Waals surface area contributed by atoms with Crippen molar-refractivity contribution >= 4 is 35.0 Å². The number of allylic oxidation sites excluding steroid dienone is 2. The zero-order chi connectivity index (χ0) is 22.9. The van der Waals surface area contributed by atoms with Gasteiger partial charge in [0.2, 0.25) is 0 Å². The summed E-state index contributed by atoms with van der Waals surface area (Å²) in [5.41, 5.74) is 3.52. The number of alkyl halides is 3. The number of halogens is 5. The van der Waals surface area contributed by atoms with Gasteiger partial charge in [0.15, 0.2) is 0 Å². The van der Waals surface area contributed by atoms with Crippen LogP contribution >= 0.6 is 35.0 Å². The quantitative estimate of drug-likeness (QED) is 0.488. The van der Waals surface area contributed by atoms with E-state index in [9.17, 15) is 13.2 Å². The third kappa shape index (κ3) is 5.38. The maximum atomic E-state index is 13.0. The van der Waals surface area contributed by atoms with E-state index in [1.807, 2.05) is 47.4 Å². The Hall–Kier alpha value is -2.26. The lowest BCUT2D eigenvalue weighted by atomic mass is 10.2. The van der Waals surface area contributed by atoms with E-state index in [2.05, 4.69) is 5.43 Å². The molecule has 0 aliphatic carbocycles. The third-order valence-electron chi connectivity index (χ3n) is 4.70. The molecule has 2 aliphatic heterocycles. The maximum absolute atomic E-state index is 13.0. The number of nitrogens with one attached hydrogen (secondary N) is 1. The molecule has 0 bridgehead atoms. The summed E-state index contributed by atoms with van der Waals surface area (Å²) in [5, 5.41) is 3.77. The van der Waals surface area contributed by atoms with Crippen molar-refractivity contribution in [1.29, 1.82) is 0 Å². The summed E-state index contributed by atoms with van der Waals surface area (Å²) in [7, 11) is 1.90. The van der Waals surface area contributed by atoms with Crippen molar-refractivity contribution in [3.63, 3.8) is 0 Å². The summed E-state index contributed by atoms with van der Waals surface area (Å²) >= 11 is 13.7. The second-order valence-electron chi connectivity index (χ2n) is 7.08. The first kappa shape index (κ1) is 22.9. The molecule has 4 nitrogen and oxygen atoms in total. The van der Waals surface area contributed by atoms with Gasteiger partial charge in [0.05, 0.1) is 15.6 Å². The number of ether oxygens (including phenoxy) is 1. The molecule has 1 N–H and O–H groups in total. The lowest BCUT2D eigenvalue weighted by Crippen LogP contribution is -2.28. The van der Waals surface area contributed by atoms with Crippen LogP contribution in [0.1, 0.15) is 16.5 Å². The number of hydrogen-bond acceptors (Lipinski definition) is 5. The molecule has 0 saturated carbocycles. The van der Waals surface area contributed by atoms with Crippen molar-refractivity contribution in [2.45, 2.75) is 11.6 Å². The fourth-order valence-corrected chi connectivity index (χ4v) is 4.58. The Morgan fingerprint density at radius 1 is 1.09 bits per heavy atom. The van der Waals surface area contributed by atoms with Gasteiger partial charge in [-0.1, -0.05) is 53.2 Å². The zero-order valence-electron chi connectivity index (χ0n) is 16.7. The van der Waals surface area contributed by atoms with Gasteiger partial charge in [-0.3, -0.25) is 0 Å². The van der Waals surface area contributed by atoms with Gasteiger partial charge < -0.3 is 14.6 Å². The van der Waals surface area contributed by atoms with Gasteiger partial charge in [0.25, 0.3) is 0 Å². The number of rotatable bonds is 4. The standard InChI is InChI=1S/C22H18Cl2F3N3OS/c1-29-20(13-30-9-8-18(23)19(24)12-30)32-21(28-29)14-4-2-6-16(10-14)31-17-7-3-5-15(11-17)22(25,26)27/h2-8,10-13,21,28H,9H2,1H3. The van der Waals surface area contributed by atoms with E-state index in [4.69, 9.17) is 27.9 Å². The highest BCUT2D eigenvalue weighted by atomic mass is 35.5. The smallest absolute Gasteiger partial charge is 0.416 e. The first-order chi connectivity index (χ1) is 15.2. The highest BCUT2D eigenvalue weighted by Crippen LogP contribution is 2.41. The molecule has 2 aromatic carbocycles. The van der Waals surface area contributed by atoms with E-state index in [1.54, 1.807) is 24.0 Å². The van der Waals surface area contributed by atoms with Crippen LogP contribution in [0.3, 0.4) is 0 Å². The summed E-state index contributed by atoms with van der Waals surface area (Å²) in [4.78, 5) is 1.93. The van der Waals surface area contributed by atoms with Gasteiger partial charge in [-0.25, -0.2) is 5.43 Å². The summed E-state index contributed by atoms with van der Waals surface area (Å²) in [5.74, 6) is 0.581. The lowest BCUT2D eigenvalue weighted by molar-refractivity contribution is -0.137. The van der Waals surface area contributed by atoms with Gasteiger partial charge >= 0.3 is 6.18 Å². The Labute approximate surface area is 197 Å². The Morgan fingerprint density at radius 3 is 2.53 bits per heavy atom. The molecule has 10 heteroatoms. The fourth-order valence-electron chi connectivity index (χ4n) is 3.11. The second-order valence-corrected chi connectivity index (χ2v) is 9.02. The normalized spacial score (nSPS) is 20.4. The summed E-state index contributed by atoms with van der Waals surface area (Å²) in [6.07, 6.45) is 1.14. The van der Waals surface area contributed by atoms with Crippen LogP contribution in [-0.4, -0.2) is 23.5 Å². The van der Waals surface area contributed by atoms with E-state index in [1.165, 1.54) is 12.1 Å². The largest absolute Gasteiger partial charge is 0.457 e. The monoisotopic (exact) mass is 499 g/mol. The van der Waals surface area contributed by atoms with Crippen molar-refractivity contribution in [1.82, 2.24) is 15.3 Å². The maximum Gasteiger partial charge on any atom is 0.416 e. The minimum absolute atomic E-state index is 0.0975. The highest BCUT2D eigenvalue weighted by Gasteiger charge is 2.31. The molecule has 1 saturated heterocycles. The molecule has 0 aromatic heterocycles. The Bertz CT molecular complexity index is 1100. The Balaban J connectivity index is 1.48. The number of hydrazine groups is 1. The highest BCUT2D eigenvalue weighted by molar-refractivity contribution is 8.03. The van der Waals surface area contributed by atoms with E-state index >= 15 is 0 Å². The molecule has 32 heavy (non-hydrogen) atoms. The molecule has 2 aliphatic rings. The fraction of sp³-hybridized carbons (Fsp3) is 0.182. The molecule has 0 radical (unpaired) electrons. The van der Waals surface area contributed by atoms with Gasteiger partial charge in [-0.2, -0.15) is 13.2 Å². The van der Waals surface area contributed by atoms with Crippen LogP contribution in [-0.2, 0) is 6.18 Å². The van der Waals surface area contributed by atoms with Crippen molar-refractivity contribution in [3.05, 3.63) is 93.2 Å². The second kappa shape index (κ2) is 9.31. The molecule has 4 rings (SSSR count). The SMILES string of the molecule is CN1NC(c2cccc(Oc3cccc(C(F)(F)F)c3)c2)SC1=CN1C=C(Cl)C(Cl)=CC1. The molecule has 0 spiro atoms. The minimum atomic E-state index is -4.42.